The van der Waals surface area contributed by atoms with Crippen molar-refractivity contribution in [2.75, 3.05) is 19.6 Å². The van der Waals surface area contributed by atoms with Crippen molar-refractivity contribution in [2.45, 2.75) is 62.9 Å². The fourth-order valence-electron chi connectivity index (χ4n) is 4.83. The van der Waals surface area contributed by atoms with Gasteiger partial charge in [0.1, 0.15) is 0 Å². The summed E-state index contributed by atoms with van der Waals surface area (Å²) in [4.78, 5) is 2.82. The van der Waals surface area contributed by atoms with Crippen molar-refractivity contribution in [1.29, 1.82) is 0 Å². The summed E-state index contributed by atoms with van der Waals surface area (Å²) < 4.78 is 0. The molecule has 2 heteroatoms. The quantitative estimate of drug-likeness (QED) is 0.852. The molecule has 114 valence electrons. The third-order valence-electron chi connectivity index (χ3n) is 5.98. The Morgan fingerprint density at radius 1 is 0.952 bits per heavy atom. The Morgan fingerprint density at radius 3 is 2.38 bits per heavy atom. The van der Waals surface area contributed by atoms with Gasteiger partial charge in [-0.05, 0) is 56.3 Å². The Bertz CT molecular complexity index is 465. The lowest BCUT2D eigenvalue weighted by Crippen LogP contribution is -2.54. The van der Waals surface area contributed by atoms with E-state index in [0.29, 0.717) is 5.54 Å². The van der Waals surface area contributed by atoms with Crippen molar-refractivity contribution < 1.29 is 0 Å². The summed E-state index contributed by atoms with van der Waals surface area (Å²) in [5.41, 5.74) is 3.62. The second kappa shape index (κ2) is 5.73. The van der Waals surface area contributed by atoms with Gasteiger partial charge in [0, 0.05) is 18.1 Å². The molecule has 1 spiro atoms. The van der Waals surface area contributed by atoms with Gasteiger partial charge < -0.3 is 5.32 Å². The Kier molecular flexibility index (Phi) is 3.76. The second-order valence-electron chi connectivity index (χ2n) is 7.42. The topological polar surface area (TPSA) is 15.3 Å². The van der Waals surface area contributed by atoms with Crippen molar-refractivity contribution in [3.8, 4) is 0 Å². The van der Waals surface area contributed by atoms with Crippen LogP contribution in [0.4, 0.5) is 0 Å². The number of hydrogen-bond acceptors (Lipinski definition) is 2. The van der Waals surface area contributed by atoms with Crippen LogP contribution in [0.5, 0.6) is 0 Å². The number of rotatable bonds is 1. The smallest absolute Gasteiger partial charge is 0.0308 e. The molecular formula is C19H28N2. The number of fused-ring (bicyclic) bond motifs is 1. The predicted molar refractivity (Wildman–Crippen MR) is 87.6 cm³/mol. The Hall–Kier alpha value is -0.860. The minimum atomic E-state index is 0.434. The molecule has 1 N–H and O–H groups in total. The standard InChI is InChI=1S/C19H28N2/c1-4-9-19(10-5-1)15-21(12-6-11-20-19)18-13-16-7-2-3-8-17(16)14-18/h2-3,7-8,18,20H,1,4-6,9-15H2. The van der Waals surface area contributed by atoms with Gasteiger partial charge in [0.05, 0.1) is 0 Å². The highest BCUT2D eigenvalue weighted by atomic mass is 15.2. The van der Waals surface area contributed by atoms with Crippen LogP contribution in [0.15, 0.2) is 24.3 Å². The molecular weight excluding hydrogens is 256 g/mol. The van der Waals surface area contributed by atoms with Crippen LogP contribution in [-0.4, -0.2) is 36.1 Å². The van der Waals surface area contributed by atoms with Crippen molar-refractivity contribution in [2.24, 2.45) is 0 Å². The molecule has 2 fully saturated rings. The van der Waals surface area contributed by atoms with Gasteiger partial charge in [-0.2, -0.15) is 0 Å². The molecule has 0 atom stereocenters. The molecule has 1 heterocycles. The minimum Gasteiger partial charge on any atom is -0.310 e. The molecule has 2 nitrogen and oxygen atoms in total. The van der Waals surface area contributed by atoms with Gasteiger partial charge in [0.2, 0.25) is 0 Å². The average Bonchev–Trinajstić information content (AvgIpc) is 2.85. The van der Waals surface area contributed by atoms with E-state index in [1.54, 1.807) is 11.1 Å². The van der Waals surface area contributed by atoms with Crippen LogP contribution >= 0.6 is 0 Å². The Balaban J connectivity index is 1.50. The van der Waals surface area contributed by atoms with Gasteiger partial charge in [-0.15, -0.1) is 0 Å². The summed E-state index contributed by atoms with van der Waals surface area (Å²) in [7, 11) is 0. The summed E-state index contributed by atoms with van der Waals surface area (Å²) in [5, 5.41) is 3.93. The summed E-state index contributed by atoms with van der Waals surface area (Å²) >= 11 is 0. The summed E-state index contributed by atoms with van der Waals surface area (Å²) in [6, 6.07) is 9.83. The van der Waals surface area contributed by atoms with Crippen LogP contribution in [-0.2, 0) is 12.8 Å². The number of benzene rings is 1. The minimum absolute atomic E-state index is 0.434. The van der Waals surface area contributed by atoms with E-state index >= 15 is 0 Å². The van der Waals surface area contributed by atoms with E-state index in [2.05, 4.69) is 34.5 Å². The SMILES string of the molecule is c1ccc2c(c1)CC(N1CCCNC3(CCCCC3)C1)C2. The third kappa shape index (κ3) is 2.76. The monoisotopic (exact) mass is 284 g/mol. The van der Waals surface area contributed by atoms with Crippen molar-refractivity contribution in [1.82, 2.24) is 10.2 Å². The molecule has 1 saturated carbocycles. The van der Waals surface area contributed by atoms with Crippen molar-refractivity contribution in [3.63, 3.8) is 0 Å². The van der Waals surface area contributed by atoms with Crippen LogP contribution in [0.25, 0.3) is 0 Å². The molecule has 0 unspecified atom stereocenters. The molecule has 0 bridgehead atoms. The van der Waals surface area contributed by atoms with Crippen LogP contribution in [0.2, 0.25) is 0 Å². The van der Waals surface area contributed by atoms with E-state index in [9.17, 15) is 0 Å². The van der Waals surface area contributed by atoms with Crippen LogP contribution < -0.4 is 5.32 Å². The lowest BCUT2D eigenvalue weighted by Gasteiger charge is -2.41. The maximum Gasteiger partial charge on any atom is 0.0308 e. The van der Waals surface area contributed by atoms with Crippen LogP contribution in [0.3, 0.4) is 0 Å². The first-order valence-corrected chi connectivity index (χ1v) is 8.91. The molecule has 1 aliphatic heterocycles. The maximum atomic E-state index is 3.93. The fourth-order valence-corrected chi connectivity index (χ4v) is 4.83. The van der Waals surface area contributed by atoms with Gasteiger partial charge in [0.15, 0.2) is 0 Å². The lowest BCUT2D eigenvalue weighted by atomic mass is 9.81. The highest BCUT2D eigenvalue weighted by Gasteiger charge is 2.38. The molecule has 0 aromatic heterocycles. The van der Waals surface area contributed by atoms with Crippen molar-refractivity contribution >= 4 is 0 Å². The second-order valence-corrected chi connectivity index (χ2v) is 7.42. The molecule has 21 heavy (non-hydrogen) atoms. The van der Waals surface area contributed by atoms with E-state index < -0.39 is 0 Å². The van der Waals surface area contributed by atoms with Crippen LogP contribution in [0.1, 0.15) is 49.7 Å². The molecule has 3 aliphatic rings. The first-order valence-electron chi connectivity index (χ1n) is 8.91. The zero-order valence-electron chi connectivity index (χ0n) is 13.1. The summed E-state index contributed by atoms with van der Waals surface area (Å²) in [6.07, 6.45) is 10.9. The van der Waals surface area contributed by atoms with E-state index in [1.807, 2.05) is 0 Å². The summed E-state index contributed by atoms with van der Waals surface area (Å²) in [6.45, 7) is 3.79. The van der Waals surface area contributed by atoms with E-state index in [1.165, 1.54) is 71.0 Å². The van der Waals surface area contributed by atoms with Gasteiger partial charge in [-0.1, -0.05) is 43.5 Å². The average molecular weight is 284 g/mol. The molecule has 0 radical (unpaired) electrons. The first-order chi connectivity index (χ1) is 10.3. The van der Waals surface area contributed by atoms with E-state index in [4.69, 9.17) is 0 Å². The molecule has 1 saturated heterocycles. The van der Waals surface area contributed by atoms with Gasteiger partial charge >= 0.3 is 0 Å². The van der Waals surface area contributed by atoms with E-state index in [-0.39, 0.29) is 0 Å². The molecule has 1 aromatic carbocycles. The maximum absolute atomic E-state index is 3.93. The molecule has 4 rings (SSSR count). The number of hydrogen-bond donors (Lipinski definition) is 1. The van der Waals surface area contributed by atoms with Gasteiger partial charge in [-0.25, -0.2) is 0 Å². The Morgan fingerprint density at radius 2 is 1.67 bits per heavy atom. The van der Waals surface area contributed by atoms with Crippen LogP contribution in [0, 0.1) is 0 Å². The lowest BCUT2D eigenvalue weighted by molar-refractivity contribution is 0.130. The van der Waals surface area contributed by atoms with Gasteiger partial charge in [0.25, 0.3) is 0 Å². The number of nitrogens with one attached hydrogen (secondary N) is 1. The fraction of sp³-hybridized carbons (Fsp3) is 0.684. The highest BCUT2D eigenvalue weighted by Crippen LogP contribution is 2.33. The molecule has 2 aliphatic carbocycles. The zero-order chi connectivity index (χ0) is 14.1. The first kappa shape index (κ1) is 13.8. The van der Waals surface area contributed by atoms with E-state index in [0.717, 1.165) is 6.04 Å². The predicted octanol–water partition coefficient (Wildman–Crippen LogP) is 3.15. The molecule has 1 aromatic rings. The summed E-state index contributed by atoms with van der Waals surface area (Å²) in [5.74, 6) is 0. The highest BCUT2D eigenvalue weighted by molar-refractivity contribution is 5.33. The molecule has 0 amide bonds. The normalized spacial score (nSPS) is 26.7. The third-order valence-corrected chi connectivity index (χ3v) is 5.98. The zero-order valence-corrected chi connectivity index (χ0v) is 13.1. The van der Waals surface area contributed by atoms with Gasteiger partial charge in [-0.3, -0.25) is 4.90 Å². The largest absolute Gasteiger partial charge is 0.310 e. The Labute approximate surface area is 128 Å². The number of nitrogens with zero attached hydrogens (tertiary/aromatic N) is 1. The van der Waals surface area contributed by atoms with Crippen molar-refractivity contribution in [3.05, 3.63) is 35.4 Å².